The molecule has 0 fully saturated rings. The minimum absolute atomic E-state index is 0.159. The minimum atomic E-state index is -0.159. The Bertz CT molecular complexity index is 967. The lowest BCUT2D eigenvalue weighted by Crippen LogP contribution is -2.26. The van der Waals surface area contributed by atoms with Crippen LogP contribution in [0.2, 0.25) is 0 Å². The van der Waals surface area contributed by atoms with Crippen LogP contribution in [0.1, 0.15) is 27.3 Å². The molecule has 146 valence electrons. The molecule has 0 aliphatic heterocycles. The van der Waals surface area contributed by atoms with Crippen molar-refractivity contribution >= 4 is 5.91 Å². The van der Waals surface area contributed by atoms with Gasteiger partial charge in [-0.2, -0.15) is 5.10 Å². The van der Waals surface area contributed by atoms with Gasteiger partial charge in [0.05, 0.1) is 19.9 Å². The van der Waals surface area contributed by atoms with Crippen LogP contribution in [-0.4, -0.2) is 41.4 Å². The third-order valence-corrected chi connectivity index (χ3v) is 4.61. The van der Waals surface area contributed by atoms with Gasteiger partial charge in [0, 0.05) is 24.0 Å². The molecule has 7 heteroatoms. The summed E-state index contributed by atoms with van der Waals surface area (Å²) in [6.07, 6.45) is 2.43. The lowest BCUT2D eigenvalue weighted by molar-refractivity contribution is 0.0953. The molecule has 0 unspecified atom stereocenters. The van der Waals surface area contributed by atoms with Crippen molar-refractivity contribution in [3.63, 3.8) is 0 Å². The zero-order valence-corrected chi connectivity index (χ0v) is 16.5. The summed E-state index contributed by atoms with van der Waals surface area (Å²) in [6, 6.07) is 10.8. The quantitative estimate of drug-likeness (QED) is 0.682. The number of rotatable bonds is 7. The number of hydrogen-bond donors (Lipinski definition) is 1. The SMILES string of the molecule is COc1ccc(C(=O)NCCc2c(C)nn(-c3ccccn3)c2C)cc1OC. The van der Waals surface area contributed by atoms with Gasteiger partial charge in [-0.15, -0.1) is 0 Å². The van der Waals surface area contributed by atoms with Gasteiger partial charge in [-0.1, -0.05) is 6.07 Å². The van der Waals surface area contributed by atoms with E-state index in [2.05, 4.69) is 15.4 Å². The van der Waals surface area contributed by atoms with Gasteiger partial charge >= 0.3 is 0 Å². The van der Waals surface area contributed by atoms with E-state index in [0.717, 1.165) is 22.8 Å². The number of aryl methyl sites for hydroxylation is 1. The first kappa shape index (κ1) is 19.4. The standard InChI is InChI=1S/C21H24N4O3/c1-14-17(15(2)25(24-14)20-7-5-6-11-22-20)10-12-23-21(26)16-8-9-18(27-3)19(13-16)28-4/h5-9,11,13H,10,12H2,1-4H3,(H,23,26). The topological polar surface area (TPSA) is 78.3 Å². The zero-order valence-electron chi connectivity index (χ0n) is 16.5. The molecule has 3 aromatic rings. The van der Waals surface area contributed by atoms with E-state index in [9.17, 15) is 4.79 Å². The van der Waals surface area contributed by atoms with Crippen LogP contribution in [-0.2, 0) is 6.42 Å². The van der Waals surface area contributed by atoms with Crippen LogP contribution in [0, 0.1) is 13.8 Å². The van der Waals surface area contributed by atoms with Crippen LogP contribution in [0.3, 0.4) is 0 Å². The molecule has 28 heavy (non-hydrogen) atoms. The van der Waals surface area contributed by atoms with Crippen LogP contribution in [0.25, 0.3) is 5.82 Å². The summed E-state index contributed by atoms with van der Waals surface area (Å²) in [7, 11) is 3.11. The van der Waals surface area contributed by atoms with Crippen LogP contribution in [0.4, 0.5) is 0 Å². The summed E-state index contributed by atoms with van der Waals surface area (Å²) in [5.41, 5.74) is 3.59. The van der Waals surface area contributed by atoms with E-state index in [1.165, 1.54) is 0 Å². The number of amides is 1. The number of nitrogens with one attached hydrogen (secondary N) is 1. The summed E-state index contributed by atoms with van der Waals surface area (Å²) in [5.74, 6) is 1.74. The van der Waals surface area contributed by atoms with E-state index in [0.29, 0.717) is 30.0 Å². The molecule has 0 spiro atoms. The molecular weight excluding hydrogens is 356 g/mol. The maximum Gasteiger partial charge on any atom is 0.251 e. The molecule has 2 heterocycles. The second kappa shape index (κ2) is 8.56. The van der Waals surface area contributed by atoms with Crippen molar-refractivity contribution in [3.05, 3.63) is 65.1 Å². The van der Waals surface area contributed by atoms with Crippen molar-refractivity contribution in [2.45, 2.75) is 20.3 Å². The molecule has 0 aliphatic rings. The molecule has 0 aliphatic carbocycles. The Morgan fingerprint density at radius 2 is 1.89 bits per heavy atom. The van der Waals surface area contributed by atoms with Crippen molar-refractivity contribution in [2.24, 2.45) is 0 Å². The first-order valence-electron chi connectivity index (χ1n) is 9.02. The largest absolute Gasteiger partial charge is 0.493 e. The Hall–Kier alpha value is -3.35. The fourth-order valence-electron chi connectivity index (χ4n) is 3.12. The smallest absolute Gasteiger partial charge is 0.251 e. The van der Waals surface area contributed by atoms with Crippen molar-refractivity contribution in [1.82, 2.24) is 20.1 Å². The van der Waals surface area contributed by atoms with Gasteiger partial charge in [-0.25, -0.2) is 9.67 Å². The lowest BCUT2D eigenvalue weighted by atomic mass is 10.1. The van der Waals surface area contributed by atoms with E-state index >= 15 is 0 Å². The second-order valence-electron chi connectivity index (χ2n) is 6.32. The van der Waals surface area contributed by atoms with Gasteiger partial charge in [0.1, 0.15) is 0 Å². The molecule has 3 rings (SSSR count). The molecule has 0 radical (unpaired) electrons. The molecule has 0 atom stereocenters. The number of carbonyl (C=O) groups is 1. The average molecular weight is 380 g/mol. The summed E-state index contributed by atoms with van der Waals surface area (Å²) in [5, 5.41) is 7.54. The highest BCUT2D eigenvalue weighted by atomic mass is 16.5. The Kier molecular flexibility index (Phi) is 5.93. The van der Waals surface area contributed by atoms with Crippen molar-refractivity contribution in [2.75, 3.05) is 20.8 Å². The molecule has 1 aromatic carbocycles. The first-order chi connectivity index (χ1) is 13.5. The van der Waals surface area contributed by atoms with Gasteiger partial charge in [-0.05, 0) is 56.2 Å². The Morgan fingerprint density at radius 1 is 1.11 bits per heavy atom. The van der Waals surface area contributed by atoms with Crippen molar-refractivity contribution in [1.29, 1.82) is 0 Å². The number of hydrogen-bond acceptors (Lipinski definition) is 5. The lowest BCUT2D eigenvalue weighted by Gasteiger charge is -2.10. The van der Waals surface area contributed by atoms with Crippen LogP contribution >= 0.6 is 0 Å². The third-order valence-electron chi connectivity index (χ3n) is 4.61. The highest BCUT2D eigenvalue weighted by Gasteiger charge is 2.14. The molecule has 1 amide bonds. The monoisotopic (exact) mass is 380 g/mol. The molecular formula is C21H24N4O3. The minimum Gasteiger partial charge on any atom is -0.493 e. The average Bonchev–Trinajstić information content (AvgIpc) is 3.02. The van der Waals surface area contributed by atoms with Crippen LogP contribution in [0.5, 0.6) is 11.5 Å². The number of pyridine rings is 1. The van der Waals surface area contributed by atoms with Gasteiger partial charge in [0.2, 0.25) is 0 Å². The second-order valence-corrected chi connectivity index (χ2v) is 6.32. The van der Waals surface area contributed by atoms with Gasteiger partial charge < -0.3 is 14.8 Å². The van der Waals surface area contributed by atoms with E-state index in [-0.39, 0.29) is 5.91 Å². The predicted molar refractivity (Wildman–Crippen MR) is 106 cm³/mol. The molecule has 1 N–H and O–H groups in total. The number of aromatic nitrogens is 3. The van der Waals surface area contributed by atoms with E-state index < -0.39 is 0 Å². The van der Waals surface area contributed by atoms with Crippen molar-refractivity contribution < 1.29 is 14.3 Å². The zero-order chi connectivity index (χ0) is 20.1. The summed E-state index contributed by atoms with van der Waals surface area (Å²) < 4.78 is 12.3. The van der Waals surface area contributed by atoms with E-state index in [4.69, 9.17) is 9.47 Å². The number of ether oxygens (including phenoxy) is 2. The summed E-state index contributed by atoms with van der Waals surface area (Å²) in [4.78, 5) is 16.8. The molecule has 0 saturated carbocycles. The molecule has 7 nitrogen and oxygen atoms in total. The number of benzene rings is 1. The predicted octanol–water partition coefficient (Wildman–Crippen LogP) is 2.87. The number of carbonyl (C=O) groups excluding carboxylic acids is 1. The summed E-state index contributed by atoms with van der Waals surface area (Å²) >= 11 is 0. The fourth-order valence-corrected chi connectivity index (χ4v) is 3.12. The Balaban J connectivity index is 1.67. The highest BCUT2D eigenvalue weighted by Crippen LogP contribution is 2.27. The fraction of sp³-hybridized carbons (Fsp3) is 0.286. The Morgan fingerprint density at radius 3 is 2.57 bits per heavy atom. The first-order valence-corrected chi connectivity index (χ1v) is 9.02. The van der Waals surface area contributed by atoms with Gasteiger partial charge in [-0.3, -0.25) is 4.79 Å². The normalized spacial score (nSPS) is 10.6. The summed E-state index contributed by atoms with van der Waals surface area (Å²) in [6.45, 7) is 4.49. The maximum atomic E-state index is 12.5. The van der Waals surface area contributed by atoms with Crippen molar-refractivity contribution in [3.8, 4) is 17.3 Å². The van der Waals surface area contributed by atoms with Gasteiger partial charge in [0.15, 0.2) is 17.3 Å². The highest BCUT2D eigenvalue weighted by molar-refractivity contribution is 5.94. The van der Waals surface area contributed by atoms with Crippen LogP contribution in [0.15, 0.2) is 42.6 Å². The number of nitrogens with zero attached hydrogens (tertiary/aromatic N) is 3. The van der Waals surface area contributed by atoms with E-state index in [1.54, 1.807) is 38.6 Å². The maximum absolute atomic E-state index is 12.5. The third kappa shape index (κ3) is 3.98. The molecule has 2 aromatic heterocycles. The molecule has 0 saturated heterocycles. The van der Waals surface area contributed by atoms with Gasteiger partial charge in [0.25, 0.3) is 5.91 Å². The number of methoxy groups -OCH3 is 2. The van der Waals surface area contributed by atoms with E-state index in [1.807, 2.05) is 36.7 Å². The van der Waals surface area contributed by atoms with Crippen LogP contribution < -0.4 is 14.8 Å². The molecule has 0 bridgehead atoms. The Labute approximate surface area is 164 Å².